The monoisotopic (exact) mass is 298 g/mol. The molecule has 4 nitrogen and oxygen atoms in total. The molecule has 0 aliphatic heterocycles. The van der Waals surface area contributed by atoms with Gasteiger partial charge >= 0.3 is 0 Å². The maximum Gasteiger partial charge on any atom is 0.260 e. The molecule has 0 saturated carbocycles. The molecule has 0 heterocycles. The van der Waals surface area contributed by atoms with Gasteiger partial charge < -0.3 is 15.4 Å². The molecule has 1 rings (SSSR count). The highest BCUT2D eigenvalue weighted by molar-refractivity contribution is 6.31. The van der Waals surface area contributed by atoms with Crippen molar-refractivity contribution in [3.63, 3.8) is 0 Å². The molecular formula is C15H23ClN2O2. The molecule has 1 unspecified atom stereocenters. The SMILES string of the molecule is CNC(=O)C(C)Oc1cccc(Cl)c1CNCC(C)C. The van der Waals surface area contributed by atoms with E-state index in [1.807, 2.05) is 18.2 Å². The number of halogens is 1. The molecule has 1 aromatic rings. The first-order valence-corrected chi connectivity index (χ1v) is 7.19. The molecule has 1 atom stereocenters. The first-order chi connectivity index (χ1) is 9.45. The molecule has 0 aliphatic rings. The molecule has 1 aromatic carbocycles. The van der Waals surface area contributed by atoms with Gasteiger partial charge in [0.15, 0.2) is 6.10 Å². The number of carbonyl (C=O) groups is 1. The van der Waals surface area contributed by atoms with Crippen molar-refractivity contribution in [1.29, 1.82) is 0 Å². The first-order valence-electron chi connectivity index (χ1n) is 6.82. The van der Waals surface area contributed by atoms with Gasteiger partial charge in [-0.2, -0.15) is 0 Å². The quantitative estimate of drug-likeness (QED) is 0.813. The summed E-state index contributed by atoms with van der Waals surface area (Å²) in [6, 6.07) is 5.48. The van der Waals surface area contributed by atoms with Crippen LogP contribution >= 0.6 is 11.6 Å². The number of benzene rings is 1. The Morgan fingerprint density at radius 3 is 2.65 bits per heavy atom. The van der Waals surface area contributed by atoms with E-state index < -0.39 is 6.10 Å². The van der Waals surface area contributed by atoms with Gasteiger partial charge in [0.2, 0.25) is 0 Å². The Balaban J connectivity index is 2.79. The molecule has 5 heteroatoms. The highest BCUT2D eigenvalue weighted by atomic mass is 35.5. The van der Waals surface area contributed by atoms with Crippen LogP contribution in [-0.2, 0) is 11.3 Å². The zero-order chi connectivity index (χ0) is 15.1. The van der Waals surface area contributed by atoms with Crippen LogP contribution in [0.1, 0.15) is 26.3 Å². The van der Waals surface area contributed by atoms with Crippen molar-refractivity contribution in [1.82, 2.24) is 10.6 Å². The van der Waals surface area contributed by atoms with Gasteiger partial charge in [-0.25, -0.2) is 0 Å². The molecule has 0 saturated heterocycles. The third-order valence-electron chi connectivity index (χ3n) is 2.85. The zero-order valence-corrected chi connectivity index (χ0v) is 13.3. The summed E-state index contributed by atoms with van der Waals surface area (Å²) in [5.41, 5.74) is 0.880. The van der Waals surface area contributed by atoms with Gasteiger partial charge in [-0.05, 0) is 31.5 Å². The van der Waals surface area contributed by atoms with Crippen molar-refractivity contribution in [2.24, 2.45) is 5.92 Å². The number of likely N-dealkylation sites (N-methyl/N-ethyl adjacent to an activating group) is 1. The number of amides is 1. The number of carbonyl (C=O) groups excluding carboxylic acids is 1. The van der Waals surface area contributed by atoms with Crippen molar-refractivity contribution < 1.29 is 9.53 Å². The summed E-state index contributed by atoms with van der Waals surface area (Å²) in [6.45, 7) is 7.52. The second kappa shape index (κ2) is 8.12. The minimum atomic E-state index is -0.553. The van der Waals surface area contributed by atoms with E-state index in [9.17, 15) is 4.79 Å². The number of nitrogens with one attached hydrogen (secondary N) is 2. The van der Waals surface area contributed by atoms with Crippen LogP contribution in [-0.4, -0.2) is 25.6 Å². The average Bonchev–Trinajstić information content (AvgIpc) is 2.40. The van der Waals surface area contributed by atoms with Crippen LogP contribution < -0.4 is 15.4 Å². The molecule has 0 aromatic heterocycles. The summed E-state index contributed by atoms with van der Waals surface area (Å²) >= 11 is 6.22. The van der Waals surface area contributed by atoms with Gasteiger partial charge in [0, 0.05) is 24.2 Å². The fraction of sp³-hybridized carbons (Fsp3) is 0.533. The Morgan fingerprint density at radius 2 is 2.05 bits per heavy atom. The standard InChI is InChI=1S/C15H23ClN2O2/c1-10(2)8-18-9-12-13(16)6-5-7-14(12)20-11(3)15(19)17-4/h5-7,10-11,18H,8-9H2,1-4H3,(H,17,19). The van der Waals surface area contributed by atoms with E-state index in [1.54, 1.807) is 14.0 Å². The maximum absolute atomic E-state index is 11.5. The Hall–Kier alpha value is -1.26. The second-order valence-electron chi connectivity index (χ2n) is 5.12. The smallest absolute Gasteiger partial charge is 0.260 e. The molecule has 1 amide bonds. The topological polar surface area (TPSA) is 50.4 Å². The molecule has 0 aliphatic carbocycles. The van der Waals surface area contributed by atoms with E-state index in [0.717, 1.165) is 12.1 Å². The van der Waals surface area contributed by atoms with E-state index in [0.29, 0.717) is 23.2 Å². The molecule has 0 bridgehead atoms. The lowest BCUT2D eigenvalue weighted by atomic mass is 10.1. The summed E-state index contributed by atoms with van der Waals surface area (Å²) in [7, 11) is 1.59. The fourth-order valence-corrected chi connectivity index (χ4v) is 1.99. The highest BCUT2D eigenvalue weighted by Crippen LogP contribution is 2.27. The van der Waals surface area contributed by atoms with E-state index in [2.05, 4.69) is 24.5 Å². The zero-order valence-electron chi connectivity index (χ0n) is 12.5. The van der Waals surface area contributed by atoms with E-state index in [1.165, 1.54) is 0 Å². The number of hydrogen-bond donors (Lipinski definition) is 2. The van der Waals surface area contributed by atoms with Gasteiger partial charge in [0.1, 0.15) is 5.75 Å². The van der Waals surface area contributed by atoms with E-state index >= 15 is 0 Å². The van der Waals surface area contributed by atoms with Gasteiger partial charge in [-0.3, -0.25) is 4.79 Å². The third kappa shape index (κ3) is 5.02. The average molecular weight is 299 g/mol. The Labute approximate surface area is 125 Å². The molecule has 20 heavy (non-hydrogen) atoms. The summed E-state index contributed by atoms with van der Waals surface area (Å²) in [4.78, 5) is 11.5. The minimum absolute atomic E-state index is 0.161. The molecule has 0 radical (unpaired) electrons. The molecule has 0 fully saturated rings. The molecule has 2 N–H and O–H groups in total. The predicted octanol–water partition coefficient (Wildman–Crippen LogP) is 2.60. The summed E-state index contributed by atoms with van der Waals surface area (Å²) in [6.07, 6.45) is -0.553. The Bertz CT molecular complexity index is 449. The van der Waals surface area contributed by atoms with Crippen molar-refractivity contribution in [3.8, 4) is 5.75 Å². The molecular weight excluding hydrogens is 276 g/mol. The van der Waals surface area contributed by atoms with Gasteiger partial charge in [-0.15, -0.1) is 0 Å². The lowest BCUT2D eigenvalue weighted by Crippen LogP contribution is -2.34. The summed E-state index contributed by atoms with van der Waals surface area (Å²) < 4.78 is 5.70. The number of rotatable bonds is 7. The van der Waals surface area contributed by atoms with Crippen molar-refractivity contribution >= 4 is 17.5 Å². The van der Waals surface area contributed by atoms with Crippen LogP contribution in [0.5, 0.6) is 5.75 Å². The lowest BCUT2D eigenvalue weighted by molar-refractivity contribution is -0.126. The van der Waals surface area contributed by atoms with Crippen molar-refractivity contribution in [3.05, 3.63) is 28.8 Å². The van der Waals surface area contributed by atoms with E-state index in [-0.39, 0.29) is 5.91 Å². The fourth-order valence-electron chi connectivity index (χ4n) is 1.75. The highest BCUT2D eigenvalue weighted by Gasteiger charge is 2.16. The first kappa shape index (κ1) is 16.8. The van der Waals surface area contributed by atoms with E-state index in [4.69, 9.17) is 16.3 Å². The number of ether oxygens (including phenoxy) is 1. The third-order valence-corrected chi connectivity index (χ3v) is 3.20. The van der Waals surface area contributed by atoms with Gasteiger partial charge in [0.25, 0.3) is 5.91 Å². The largest absolute Gasteiger partial charge is 0.481 e. The molecule has 0 spiro atoms. The predicted molar refractivity (Wildman–Crippen MR) is 82.2 cm³/mol. The maximum atomic E-state index is 11.5. The second-order valence-corrected chi connectivity index (χ2v) is 5.52. The Morgan fingerprint density at radius 1 is 1.35 bits per heavy atom. The normalized spacial score (nSPS) is 12.3. The summed E-state index contributed by atoms with van der Waals surface area (Å²) in [5, 5.41) is 6.54. The van der Waals surface area contributed by atoms with Gasteiger partial charge in [-0.1, -0.05) is 31.5 Å². The van der Waals surface area contributed by atoms with Crippen LogP contribution in [0.25, 0.3) is 0 Å². The lowest BCUT2D eigenvalue weighted by Gasteiger charge is -2.18. The van der Waals surface area contributed by atoms with Crippen molar-refractivity contribution in [2.75, 3.05) is 13.6 Å². The number of hydrogen-bond acceptors (Lipinski definition) is 3. The van der Waals surface area contributed by atoms with Crippen LogP contribution in [0.15, 0.2) is 18.2 Å². The molecule has 112 valence electrons. The van der Waals surface area contributed by atoms with Gasteiger partial charge in [0.05, 0.1) is 0 Å². The Kier molecular flexibility index (Phi) is 6.82. The summed E-state index contributed by atoms with van der Waals surface area (Å²) in [5.74, 6) is 1.04. The van der Waals surface area contributed by atoms with Crippen molar-refractivity contribution in [2.45, 2.75) is 33.4 Å². The minimum Gasteiger partial charge on any atom is -0.481 e. The van der Waals surface area contributed by atoms with Crippen LogP contribution in [0, 0.1) is 5.92 Å². The van der Waals surface area contributed by atoms with Crippen LogP contribution in [0.4, 0.5) is 0 Å². The van der Waals surface area contributed by atoms with Crippen LogP contribution in [0.2, 0.25) is 5.02 Å². The van der Waals surface area contributed by atoms with Crippen LogP contribution in [0.3, 0.4) is 0 Å².